The summed E-state index contributed by atoms with van der Waals surface area (Å²) in [6, 6.07) is 8.13. The lowest BCUT2D eigenvalue weighted by Gasteiger charge is -2.03. The van der Waals surface area contributed by atoms with Crippen LogP contribution in [0.2, 0.25) is 0 Å². The first kappa shape index (κ1) is 9.59. The van der Waals surface area contributed by atoms with Gasteiger partial charge in [0.15, 0.2) is 0 Å². The van der Waals surface area contributed by atoms with Gasteiger partial charge in [0.1, 0.15) is 0 Å². The van der Waals surface area contributed by atoms with Crippen LogP contribution >= 0.6 is 28.1 Å². The molecular weight excluding hydrogens is 234 g/mol. The summed E-state index contributed by atoms with van der Waals surface area (Å²) in [5, 5.41) is 2.38. The predicted octanol–water partition coefficient (Wildman–Crippen LogP) is 3.61. The number of thiocarbonyl (C=S) groups is 1. The minimum absolute atomic E-state index is 0.107. The van der Waals surface area contributed by atoms with Crippen molar-refractivity contribution in [2.75, 3.05) is 0 Å². The Bertz CT molecular complexity index is 301. The fourth-order valence-electron chi connectivity index (χ4n) is 0.895. The summed E-state index contributed by atoms with van der Waals surface area (Å²) in [5.74, 6) is 0. The molecule has 0 spiro atoms. The molecule has 0 bridgehead atoms. The van der Waals surface area contributed by atoms with E-state index in [4.69, 9.17) is 0 Å². The molecular formula is C9H8BrNS. The highest BCUT2D eigenvalue weighted by Crippen LogP contribution is 2.18. The molecule has 0 N–H and O–H groups in total. The highest BCUT2D eigenvalue weighted by molar-refractivity contribution is 9.10. The van der Waals surface area contributed by atoms with Crippen molar-refractivity contribution in [3.63, 3.8) is 0 Å². The van der Waals surface area contributed by atoms with Crippen molar-refractivity contribution >= 4 is 33.3 Å². The molecule has 0 aliphatic carbocycles. The lowest BCUT2D eigenvalue weighted by atomic mass is 10.1. The first-order valence-electron chi connectivity index (χ1n) is 3.56. The van der Waals surface area contributed by atoms with Crippen LogP contribution in [0.15, 0.2) is 33.7 Å². The average Bonchev–Trinajstić information content (AvgIpc) is 2.06. The number of halogens is 1. The molecule has 0 radical (unpaired) electrons. The monoisotopic (exact) mass is 241 g/mol. The van der Waals surface area contributed by atoms with Crippen molar-refractivity contribution in [3.05, 3.63) is 34.3 Å². The minimum atomic E-state index is 0.107. The third kappa shape index (κ3) is 2.52. The number of rotatable bonds is 2. The van der Waals surface area contributed by atoms with Crippen LogP contribution in [0, 0.1) is 0 Å². The van der Waals surface area contributed by atoms with E-state index in [0.717, 1.165) is 10.0 Å². The Balaban J connectivity index is 2.89. The zero-order valence-electron chi connectivity index (χ0n) is 6.62. The fraction of sp³-hybridized carbons (Fsp3) is 0.222. The molecule has 0 aromatic heterocycles. The van der Waals surface area contributed by atoms with Gasteiger partial charge in [-0.25, -0.2) is 4.99 Å². The molecule has 12 heavy (non-hydrogen) atoms. The van der Waals surface area contributed by atoms with Crippen molar-refractivity contribution in [2.24, 2.45) is 4.99 Å². The molecule has 3 heteroatoms. The van der Waals surface area contributed by atoms with Gasteiger partial charge in [0.05, 0.1) is 11.2 Å². The third-order valence-electron chi connectivity index (χ3n) is 1.60. The van der Waals surface area contributed by atoms with Gasteiger partial charge < -0.3 is 0 Å². The van der Waals surface area contributed by atoms with E-state index in [9.17, 15) is 0 Å². The quantitative estimate of drug-likeness (QED) is 0.570. The SMILES string of the molecule is C[C@H](N=C=S)c1ccc(Br)cc1. The van der Waals surface area contributed by atoms with E-state index in [-0.39, 0.29) is 6.04 Å². The number of hydrogen-bond donors (Lipinski definition) is 0. The van der Waals surface area contributed by atoms with Gasteiger partial charge in [-0.15, -0.1) is 0 Å². The second-order valence-electron chi connectivity index (χ2n) is 2.45. The lowest BCUT2D eigenvalue weighted by molar-refractivity contribution is 0.828. The maximum absolute atomic E-state index is 4.53. The molecule has 1 nitrogen and oxygen atoms in total. The van der Waals surface area contributed by atoms with Gasteiger partial charge >= 0.3 is 0 Å². The van der Waals surface area contributed by atoms with Crippen LogP contribution in [0.1, 0.15) is 18.5 Å². The lowest BCUT2D eigenvalue weighted by Crippen LogP contribution is -1.87. The van der Waals surface area contributed by atoms with Gasteiger partial charge in [-0.05, 0) is 36.8 Å². The topological polar surface area (TPSA) is 12.4 Å². The van der Waals surface area contributed by atoms with Gasteiger partial charge in [0.2, 0.25) is 0 Å². The number of aliphatic imine (C=N–C) groups is 1. The Kier molecular flexibility index (Phi) is 3.60. The summed E-state index contributed by atoms with van der Waals surface area (Å²) in [4.78, 5) is 3.97. The van der Waals surface area contributed by atoms with Gasteiger partial charge in [-0.2, -0.15) is 0 Å². The zero-order chi connectivity index (χ0) is 8.97. The van der Waals surface area contributed by atoms with Crippen LogP contribution in [0.4, 0.5) is 0 Å². The number of nitrogens with zero attached hydrogens (tertiary/aromatic N) is 1. The van der Waals surface area contributed by atoms with Gasteiger partial charge in [-0.3, -0.25) is 0 Å². The van der Waals surface area contributed by atoms with Crippen LogP contribution in [-0.2, 0) is 0 Å². The summed E-state index contributed by atoms with van der Waals surface area (Å²) in [5.41, 5.74) is 1.15. The van der Waals surface area contributed by atoms with Crippen molar-refractivity contribution < 1.29 is 0 Å². The highest BCUT2D eigenvalue weighted by Gasteiger charge is 2.00. The smallest absolute Gasteiger partial charge is 0.0824 e. The summed E-state index contributed by atoms with van der Waals surface area (Å²) in [7, 11) is 0. The maximum Gasteiger partial charge on any atom is 0.0824 e. The van der Waals surface area contributed by atoms with Crippen LogP contribution in [0.25, 0.3) is 0 Å². The Labute approximate surface area is 85.6 Å². The van der Waals surface area contributed by atoms with E-state index in [0.29, 0.717) is 0 Å². The molecule has 1 aromatic carbocycles. The van der Waals surface area contributed by atoms with Crippen molar-refractivity contribution in [3.8, 4) is 0 Å². The van der Waals surface area contributed by atoms with Gasteiger partial charge in [0, 0.05) is 4.47 Å². The van der Waals surface area contributed by atoms with Crippen LogP contribution in [0.5, 0.6) is 0 Å². The van der Waals surface area contributed by atoms with E-state index in [1.807, 2.05) is 31.2 Å². The molecule has 1 atom stereocenters. The van der Waals surface area contributed by atoms with E-state index < -0.39 is 0 Å². The minimum Gasteiger partial charge on any atom is -0.225 e. The molecule has 0 fully saturated rings. The summed E-state index contributed by atoms with van der Waals surface area (Å²) < 4.78 is 1.07. The van der Waals surface area contributed by atoms with Crippen LogP contribution < -0.4 is 0 Å². The molecule has 1 aromatic rings. The summed E-state index contributed by atoms with van der Waals surface area (Å²) >= 11 is 7.89. The number of benzene rings is 1. The zero-order valence-corrected chi connectivity index (χ0v) is 9.02. The normalized spacial score (nSPS) is 11.8. The number of hydrogen-bond acceptors (Lipinski definition) is 2. The van der Waals surface area contributed by atoms with E-state index in [1.165, 1.54) is 0 Å². The maximum atomic E-state index is 4.53. The van der Waals surface area contributed by atoms with Gasteiger partial charge in [0.25, 0.3) is 0 Å². The Morgan fingerprint density at radius 3 is 2.50 bits per heavy atom. The van der Waals surface area contributed by atoms with Crippen molar-refractivity contribution in [2.45, 2.75) is 13.0 Å². The fourth-order valence-corrected chi connectivity index (χ4v) is 1.32. The second-order valence-corrected chi connectivity index (χ2v) is 3.55. The van der Waals surface area contributed by atoms with Crippen LogP contribution in [-0.4, -0.2) is 5.16 Å². The third-order valence-corrected chi connectivity index (χ3v) is 2.23. The molecule has 0 aliphatic rings. The molecule has 0 saturated heterocycles. The van der Waals surface area contributed by atoms with Gasteiger partial charge in [-0.1, -0.05) is 28.1 Å². The standard InChI is InChI=1S/C9H8BrNS/c1-7(11-6-12)8-2-4-9(10)5-3-8/h2-5,7H,1H3/t7-/m0/s1. The Morgan fingerprint density at radius 1 is 1.42 bits per heavy atom. The second kappa shape index (κ2) is 4.51. The highest BCUT2D eigenvalue weighted by atomic mass is 79.9. The molecule has 0 aliphatic heterocycles. The van der Waals surface area contributed by atoms with E-state index in [2.05, 4.69) is 38.3 Å². The van der Waals surface area contributed by atoms with E-state index in [1.54, 1.807) is 0 Å². The van der Waals surface area contributed by atoms with Crippen LogP contribution in [0.3, 0.4) is 0 Å². The Morgan fingerprint density at radius 2 is 2.00 bits per heavy atom. The first-order chi connectivity index (χ1) is 5.74. The largest absolute Gasteiger partial charge is 0.225 e. The van der Waals surface area contributed by atoms with E-state index >= 15 is 0 Å². The average molecular weight is 242 g/mol. The summed E-state index contributed by atoms with van der Waals surface area (Å²) in [6.07, 6.45) is 0. The number of isothiocyanates is 1. The predicted molar refractivity (Wildman–Crippen MR) is 57.6 cm³/mol. The van der Waals surface area contributed by atoms with Crippen molar-refractivity contribution in [1.29, 1.82) is 0 Å². The Hall–Kier alpha value is -0.500. The van der Waals surface area contributed by atoms with Crippen molar-refractivity contribution in [1.82, 2.24) is 0 Å². The first-order valence-corrected chi connectivity index (χ1v) is 4.76. The molecule has 1 rings (SSSR count). The molecule has 0 amide bonds. The molecule has 0 heterocycles. The molecule has 62 valence electrons. The molecule has 0 unspecified atom stereocenters. The molecule has 0 saturated carbocycles. The summed E-state index contributed by atoms with van der Waals surface area (Å²) in [6.45, 7) is 1.99.